The van der Waals surface area contributed by atoms with Gasteiger partial charge in [0.15, 0.2) is 5.82 Å². The highest BCUT2D eigenvalue weighted by Gasteiger charge is 2.32. The van der Waals surface area contributed by atoms with Gasteiger partial charge >= 0.3 is 0 Å². The molecule has 1 saturated heterocycles. The number of hydrogen-bond acceptors (Lipinski definition) is 4. The molecule has 3 fully saturated rings. The van der Waals surface area contributed by atoms with Crippen molar-refractivity contribution < 1.29 is 4.79 Å². The number of H-pyrrole nitrogens is 2. The maximum absolute atomic E-state index is 13.0. The number of carbonyl (C=O) groups is 1. The Hall–Kier alpha value is -2.44. The standard InChI is InChI=1S/C19H23N5O2/c25-16-9-14(8-15(20-16)11-3-4-11)19(26)24-7-1-2-13(10-24)18-21-17(22-23-18)12-5-6-12/h8-9,11-13H,1-7,10H2,(H,20,25)(H,21,22,23). The molecule has 5 rings (SSSR count). The fourth-order valence-electron chi connectivity index (χ4n) is 3.87. The first kappa shape index (κ1) is 15.8. The highest BCUT2D eigenvalue weighted by Crippen LogP contribution is 2.39. The number of aromatic nitrogens is 4. The summed E-state index contributed by atoms with van der Waals surface area (Å²) in [6.07, 6.45) is 6.49. The van der Waals surface area contributed by atoms with Crippen molar-refractivity contribution in [2.24, 2.45) is 0 Å². The molecule has 2 aromatic heterocycles. The van der Waals surface area contributed by atoms with Crippen LogP contribution in [0.5, 0.6) is 0 Å². The van der Waals surface area contributed by atoms with E-state index < -0.39 is 0 Å². The number of amides is 1. The second-order valence-electron chi connectivity index (χ2n) is 7.91. The van der Waals surface area contributed by atoms with Crippen LogP contribution in [0.3, 0.4) is 0 Å². The lowest BCUT2D eigenvalue weighted by atomic mass is 9.96. The van der Waals surface area contributed by atoms with Crippen LogP contribution in [-0.4, -0.2) is 44.1 Å². The van der Waals surface area contributed by atoms with Crippen molar-refractivity contribution in [3.8, 4) is 0 Å². The number of carbonyl (C=O) groups excluding carboxylic acids is 1. The summed E-state index contributed by atoms with van der Waals surface area (Å²) in [4.78, 5) is 34.3. The molecule has 1 amide bonds. The number of nitrogens with one attached hydrogen (secondary N) is 2. The Balaban J connectivity index is 1.34. The lowest BCUT2D eigenvalue weighted by molar-refractivity contribution is 0.0704. The molecular weight excluding hydrogens is 330 g/mol. The summed E-state index contributed by atoms with van der Waals surface area (Å²) in [7, 11) is 0. The lowest BCUT2D eigenvalue weighted by Crippen LogP contribution is -2.39. The highest BCUT2D eigenvalue weighted by atomic mass is 16.2. The van der Waals surface area contributed by atoms with Crippen LogP contribution < -0.4 is 5.56 Å². The zero-order chi connectivity index (χ0) is 17.7. The Morgan fingerprint density at radius 1 is 1.08 bits per heavy atom. The number of aromatic amines is 2. The van der Waals surface area contributed by atoms with Gasteiger partial charge in [0.2, 0.25) is 5.56 Å². The molecule has 2 N–H and O–H groups in total. The number of likely N-dealkylation sites (tertiary alicyclic amines) is 1. The van der Waals surface area contributed by atoms with Crippen molar-refractivity contribution >= 4 is 5.91 Å². The number of rotatable bonds is 4. The molecule has 3 aliphatic rings. The van der Waals surface area contributed by atoms with E-state index in [9.17, 15) is 9.59 Å². The van der Waals surface area contributed by atoms with Gasteiger partial charge in [-0.3, -0.25) is 14.7 Å². The summed E-state index contributed by atoms with van der Waals surface area (Å²) >= 11 is 0. The first-order chi connectivity index (χ1) is 12.7. The first-order valence-electron chi connectivity index (χ1n) is 9.63. The molecule has 0 radical (unpaired) electrons. The van der Waals surface area contributed by atoms with E-state index in [4.69, 9.17) is 0 Å². The van der Waals surface area contributed by atoms with Gasteiger partial charge in [0.05, 0.1) is 0 Å². The van der Waals surface area contributed by atoms with Gasteiger partial charge in [-0.2, -0.15) is 5.10 Å². The molecule has 3 heterocycles. The minimum absolute atomic E-state index is 0.0550. The Kier molecular flexibility index (Phi) is 3.69. The van der Waals surface area contributed by atoms with Gasteiger partial charge in [-0.15, -0.1) is 0 Å². The Morgan fingerprint density at radius 3 is 2.65 bits per heavy atom. The zero-order valence-electron chi connectivity index (χ0n) is 14.7. The van der Waals surface area contributed by atoms with E-state index in [0.29, 0.717) is 23.9 Å². The minimum Gasteiger partial charge on any atom is -0.338 e. The van der Waals surface area contributed by atoms with Crippen LogP contribution in [0.15, 0.2) is 16.9 Å². The van der Waals surface area contributed by atoms with Gasteiger partial charge < -0.3 is 9.88 Å². The second kappa shape index (κ2) is 6.07. The predicted molar refractivity (Wildman–Crippen MR) is 95.3 cm³/mol. The van der Waals surface area contributed by atoms with Crippen LogP contribution in [0.4, 0.5) is 0 Å². The molecule has 0 spiro atoms. The summed E-state index contributed by atoms with van der Waals surface area (Å²) in [6, 6.07) is 3.29. The maximum atomic E-state index is 13.0. The lowest BCUT2D eigenvalue weighted by Gasteiger charge is -2.31. The number of hydrogen-bond donors (Lipinski definition) is 2. The number of nitrogens with zero attached hydrogens (tertiary/aromatic N) is 3. The zero-order valence-corrected chi connectivity index (χ0v) is 14.7. The third-order valence-electron chi connectivity index (χ3n) is 5.69. The van der Waals surface area contributed by atoms with Gasteiger partial charge in [0, 0.05) is 42.2 Å². The van der Waals surface area contributed by atoms with Crippen LogP contribution in [0.2, 0.25) is 0 Å². The molecule has 1 atom stereocenters. The summed E-state index contributed by atoms with van der Waals surface area (Å²) in [6.45, 7) is 1.34. The number of piperidine rings is 1. The summed E-state index contributed by atoms with van der Waals surface area (Å²) in [5.74, 6) is 2.90. The Labute approximate surface area is 151 Å². The van der Waals surface area contributed by atoms with Crippen molar-refractivity contribution in [2.75, 3.05) is 13.1 Å². The average molecular weight is 353 g/mol. The molecule has 0 bridgehead atoms. The van der Waals surface area contributed by atoms with Gasteiger partial charge in [-0.05, 0) is 50.5 Å². The van der Waals surface area contributed by atoms with Gasteiger partial charge in [0.25, 0.3) is 5.91 Å². The smallest absolute Gasteiger partial charge is 0.254 e. The molecule has 26 heavy (non-hydrogen) atoms. The number of pyridine rings is 1. The Bertz CT molecular complexity index is 893. The van der Waals surface area contributed by atoms with Crippen LogP contribution in [0.25, 0.3) is 0 Å². The molecular formula is C19H23N5O2. The molecule has 1 aliphatic heterocycles. The van der Waals surface area contributed by atoms with Crippen molar-refractivity contribution in [2.45, 2.75) is 56.3 Å². The fraction of sp³-hybridized carbons (Fsp3) is 0.579. The predicted octanol–water partition coefficient (Wildman–Crippen LogP) is 2.27. The van der Waals surface area contributed by atoms with E-state index in [1.54, 1.807) is 0 Å². The van der Waals surface area contributed by atoms with E-state index in [-0.39, 0.29) is 17.4 Å². The Morgan fingerprint density at radius 2 is 1.88 bits per heavy atom. The van der Waals surface area contributed by atoms with Gasteiger partial charge in [-0.1, -0.05) is 0 Å². The average Bonchev–Trinajstić information content (AvgIpc) is 3.59. The third-order valence-corrected chi connectivity index (χ3v) is 5.69. The molecule has 136 valence electrons. The van der Waals surface area contributed by atoms with Crippen LogP contribution in [0, 0.1) is 0 Å². The molecule has 0 aromatic carbocycles. The summed E-state index contributed by atoms with van der Waals surface area (Å²) in [5.41, 5.74) is 1.22. The third kappa shape index (κ3) is 3.06. The van der Waals surface area contributed by atoms with Crippen LogP contribution >= 0.6 is 0 Å². The van der Waals surface area contributed by atoms with Crippen LogP contribution in [-0.2, 0) is 0 Å². The van der Waals surface area contributed by atoms with E-state index in [2.05, 4.69) is 20.2 Å². The highest BCUT2D eigenvalue weighted by molar-refractivity contribution is 5.94. The van der Waals surface area contributed by atoms with Gasteiger partial charge in [-0.25, -0.2) is 4.98 Å². The molecule has 1 unspecified atom stereocenters. The van der Waals surface area contributed by atoms with Crippen molar-refractivity contribution in [3.63, 3.8) is 0 Å². The van der Waals surface area contributed by atoms with Crippen LogP contribution in [0.1, 0.15) is 84.0 Å². The fourth-order valence-corrected chi connectivity index (χ4v) is 3.87. The molecule has 7 heteroatoms. The normalized spacial score (nSPS) is 23.2. The van der Waals surface area contributed by atoms with E-state index in [0.717, 1.165) is 49.6 Å². The van der Waals surface area contributed by atoms with E-state index in [1.165, 1.54) is 18.9 Å². The van der Waals surface area contributed by atoms with Crippen molar-refractivity contribution in [1.82, 2.24) is 25.1 Å². The second-order valence-corrected chi connectivity index (χ2v) is 7.91. The summed E-state index contributed by atoms with van der Waals surface area (Å²) in [5, 5.41) is 7.46. The largest absolute Gasteiger partial charge is 0.338 e. The quantitative estimate of drug-likeness (QED) is 0.881. The molecule has 2 aliphatic carbocycles. The molecule has 2 aromatic rings. The minimum atomic E-state index is -0.186. The van der Waals surface area contributed by atoms with Crippen molar-refractivity contribution in [3.05, 3.63) is 45.4 Å². The SMILES string of the molecule is O=C(c1cc(C2CC2)[nH]c(=O)c1)N1CCCC(c2n[nH]c(C3CC3)n2)C1. The first-order valence-corrected chi connectivity index (χ1v) is 9.63. The van der Waals surface area contributed by atoms with E-state index >= 15 is 0 Å². The topological polar surface area (TPSA) is 94.7 Å². The monoisotopic (exact) mass is 353 g/mol. The summed E-state index contributed by atoms with van der Waals surface area (Å²) < 4.78 is 0. The van der Waals surface area contributed by atoms with Crippen molar-refractivity contribution in [1.29, 1.82) is 0 Å². The van der Waals surface area contributed by atoms with Gasteiger partial charge in [0.1, 0.15) is 5.82 Å². The maximum Gasteiger partial charge on any atom is 0.254 e. The molecule has 7 nitrogen and oxygen atoms in total. The van der Waals surface area contributed by atoms with E-state index in [1.807, 2.05) is 11.0 Å². The molecule has 2 saturated carbocycles.